The van der Waals surface area contributed by atoms with Crippen molar-refractivity contribution in [2.45, 2.75) is 137 Å². The lowest BCUT2D eigenvalue weighted by molar-refractivity contribution is -0.928. The van der Waals surface area contributed by atoms with Crippen LogP contribution in [-0.4, -0.2) is 39.1 Å². The van der Waals surface area contributed by atoms with Crippen LogP contribution in [-0.2, 0) is 0 Å². The van der Waals surface area contributed by atoms with Crippen LogP contribution in [0.15, 0.2) is 0 Å². The van der Waals surface area contributed by atoms with E-state index in [1.807, 2.05) is 0 Å². The van der Waals surface area contributed by atoms with Gasteiger partial charge in [-0.1, -0.05) is 105 Å². The van der Waals surface area contributed by atoms with Gasteiger partial charge in [-0.15, -0.1) is 0 Å². The second-order valence-electron chi connectivity index (χ2n) is 8.83. The summed E-state index contributed by atoms with van der Waals surface area (Å²) in [6, 6.07) is 0. The molecule has 1 nitrogen and oxygen atoms in total. The average molecular weight is 380 g/mol. The van der Waals surface area contributed by atoms with Gasteiger partial charge in [0.1, 0.15) is 0 Å². The van der Waals surface area contributed by atoms with Crippen molar-refractivity contribution in [2.75, 3.05) is 26.2 Å². The Balaban J connectivity index is 0. The Bertz CT molecular complexity index is 250. The van der Waals surface area contributed by atoms with E-state index >= 15 is 0 Å². The van der Waals surface area contributed by atoms with E-state index in [2.05, 4.69) is 27.7 Å². The van der Waals surface area contributed by atoms with Crippen LogP contribution in [0, 0.1) is 0 Å². The molecule has 0 aliphatic heterocycles. The quantitative estimate of drug-likeness (QED) is 0.107. The summed E-state index contributed by atoms with van der Waals surface area (Å²) in [5.41, 5.74) is 0. The highest BCUT2D eigenvalue weighted by Gasteiger charge is 2.23. The van der Waals surface area contributed by atoms with Gasteiger partial charge in [-0.05, 0) is 32.1 Å². The fraction of sp³-hybridized carbons (Fsp3) is 1.00. The third-order valence-corrected chi connectivity index (χ3v) is 6.08. The maximum atomic E-state index is 2.36. The van der Waals surface area contributed by atoms with Crippen molar-refractivity contribution in [2.24, 2.45) is 0 Å². The molecule has 0 bridgehead atoms. The molecule has 0 unspecified atom stereocenters. The van der Waals surface area contributed by atoms with Gasteiger partial charge in [-0.25, -0.2) is 0 Å². The molecule has 0 aromatic heterocycles. The van der Waals surface area contributed by atoms with Gasteiger partial charge >= 0.3 is 0 Å². The van der Waals surface area contributed by atoms with E-state index in [0.717, 1.165) is 0 Å². The molecule has 0 aliphatic rings. The molecule has 161 valence electrons. The monoisotopic (exact) mass is 379 g/mol. The summed E-state index contributed by atoms with van der Waals surface area (Å²) < 4.78 is 1.40. The lowest BCUT2D eigenvalue weighted by Gasteiger charge is -2.38. The first-order valence-electron chi connectivity index (χ1n) is 12.6. The van der Waals surface area contributed by atoms with Gasteiger partial charge in [0, 0.05) is 8.41 Å². The summed E-state index contributed by atoms with van der Waals surface area (Å²) in [7, 11) is 0. The highest BCUT2D eigenvalue weighted by molar-refractivity contribution is 5.75. The van der Waals surface area contributed by atoms with Crippen LogP contribution in [0.1, 0.15) is 137 Å². The molecule has 0 saturated heterocycles. The smallest absolute Gasteiger partial charge is 0.0786 e. The summed E-state index contributed by atoms with van der Waals surface area (Å²) in [5.74, 6) is 0. The summed E-state index contributed by atoms with van der Waals surface area (Å²) >= 11 is 0. The standard InChI is InChI=1S/C25H54N.B/c1-5-9-10-11-12-13-14-15-16-17-18-19-20-21-25-26(22-6-2,23-7-3)24-8-4;/h5-25H2,1-4H3;/q+1;. The first-order valence-corrected chi connectivity index (χ1v) is 12.6. The Morgan fingerprint density at radius 2 is 0.630 bits per heavy atom. The number of hydrogen-bond acceptors (Lipinski definition) is 0. The molecule has 0 spiro atoms. The number of rotatable bonds is 21. The largest absolute Gasteiger partial charge is 0.324 e. The number of unbranched alkanes of at least 4 members (excludes halogenated alkanes) is 13. The molecule has 0 aliphatic carbocycles. The number of nitrogens with zero attached hydrogens (tertiary/aromatic N) is 1. The zero-order chi connectivity index (χ0) is 19.3. The molecule has 0 N–H and O–H groups in total. The van der Waals surface area contributed by atoms with E-state index in [4.69, 9.17) is 0 Å². The maximum Gasteiger partial charge on any atom is 0.0786 e. The first-order chi connectivity index (χ1) is 12.7. The Kier molecular flexibility index (Phi) is 24.2. The van der Waals surface area contributed by atoms with Crippen LogP contribution < -0.4 is 0 Å². The Labute approximate surface area is 176 Å². The molecule has 0 heterocycles. The van der Waals surface area contributed by atoms with Gasteiger partial charge in [0.2, 0.25) is 0 Å². The van der Waals surface area contributed by atoms with Gasteiger partial charge in [-0.2, -0.15) is 0 Å². The molecule has 0 aromatic carbocycles. The SMILES string of the molecule is CCCCCCCCCCCCCCCC[N+](CCC)(CCC)CCC.[B]. The Morgan fingerprint density at radius 3 is 0.926 bits per heavy atom. The lowest BCUT2D eigenvalue weighted by atomic mass is 10.0. The van der Waals surface area contributed by atoms with Crippen LogP contribution in [0.5, 0.6) is 0 Å². The van der Waals surface area contributed by atoms with Crippen molar-refractivity contribution in [3.05, 3.63) is 0 Å². The second kappa shape index (κ2) is 22.3. The fourth-order valence-electron chi connectivity index (χ4n) is 4.74. The summed E-state index contributed by atoms with van der Waals surface area (Å²) in [6.07, 6.45) is 24.6. The Morgan fingerprint density at radius 1 is 0.333 bits per heavy atom. The van der Waals surface area contributed by atoms with Crippen LogP contribution >= 0.6 is 0 Å². The minimum absolute atomic E-state index is 0. The fourth-order valence-corrected chi connectivity index (χ4v) is 4.74. The van der Waals surface area contributed by atoms with Crippen molar-refractivity contribution < 1.29 is 4.48 Å². The highest BCUT2D eigenvalue weighted by atomic mass is 15.3. The van der Waals surface area contributed by atoms with Crippen molar-refractivity contribution in [1.29, 1.82) is 0 Å². The Hall–Kier alpha value is 0.0249. The molecular formula is C25H54BN+. The van der Waals surface area contributed by atoms with Crippen LogP contribution in [0.4, 0.5) is 0 Å². The molecule has 0 fully saturated rings. The lowest BCUT2D eigenvalue weighted by Crippen LogP contribution is -2.50. The molecule has 2 heteroatoms. The minimum atomic E-state index is 0. The van der Waals surface area contributed by atoms with Gasteiger partial charge in [0.05, 0.1) is 26.2 Å². The number of hydrogen-bond donors (Lipinski definition) is 0. The van der Waals surface area contributed by atoms with Crippen LogP contribution in [0.25, 0.3) is 0 Å². The van der Waals surface area contributed by atoms with Crippen LogP contribution in [0.2, 0.25) is 0 Å². The van der Waals surface area contributed by atoms with E-state index in [-0.39, 0.29) is 8.41 Å². The maximum absolute atomic E-state index is 2.36. The predicted molar refractivity (Wildman–Crippen MR) is 127 cm³/mol. The molecule has 0 saturated carbocycles. The molecule has 0 atom stereocenters. The van der Waals surface area contributed by atoms with Crippen molar-refractivity contribution in [1.82, 2.24) is 0 Å². The van der Waals surface area contributed by atoms with E-state index in [1.165, 1.54) is 140 Å². The highest BCUT2D eigenvalue weighted by Crippen LogP contribution is 2.16. The van der Waals surface area contributed by atoms with E-state index in [1.54, 1.807) is 0 Å². The van der Waals surface area contributed by atoms with Gasteiger partial charge in [0.25, 0.3) is 0 Å². The van der Waals surface area contributed by atoms with Gasteiger partial charge < -0.3 is 4.48 Å². The molecule has 0 rings (SSSR count). The first kappa shape index (κ1) is 29.2. The van der Waals surface area contributed by atoms with Crippen molar-refractivity contribution in [3.63, 3.8) is 0 Å². The van der Waals surface area contributed by atoms with E-state index in [9.17, 15) is 0 Å². The predicted octanol–water partition coefficient (Wildman–Crippen LogP) is 8.13. The second-order valence-corrected chi connectivity index (χ2v) is 8.83. The topological polar surface area (TPSA) is 0 Å². The van der Waals surface area contributed by atoms with E-state index < -0.39 is 0 Å². The summed E-state index contributed by atoms with van der Waals surface area (Å²) in [4.78, 5) is 0. The molecule has 27 heavy (non-hydrogen) atoms. The normalized spacial score (nSPS) is 11.6. The van der Waals surface area contributed by atoms with Gasteiger partial charge in [-0.3, -0.25) is 0 Å². The third kappa shape index (κ3) is 17.8. The number of quaternary nitrogens is 1. The van der Waals surface area contributed by atoms with E-state index in [0.29, 0.717) is 0 Å². The van der Waals surface area contributed by atoms with Gasteiger partial charge in [0.15, 0.2) is 0 Å². The minimum Gasteiger partial charge on any atom is -0.324 e. The molecular weight excluding hydrogens is 325 g/mol. The molecule has 3 radical (unpaired) electrons. The third-order valence-electron chi connectivity index (χ3n) is 6.08. The zero-order valence-corrected chi connectivity index (χ0v) is 19.9. The molecule has 0 amide bonds. The van der Waals surface area contributed by atoms with Crippen molar-refractivity contribution >= 4 is 8.41 Å². The summed E-state index contributed by atoms with van der Waals surface area (Å²) in [6.45, 7) is 15.0. The zero-order valence-electron chi connectivity index (χ0n) is 19.9. The van der Waals surface area contributed by atoms with Crippen LogP contribution in [0.3, 0.4) is 0 Å². The van der Waals surface area contributed by atoms with Crippen molar-refractivity contribution in [3.8, 4) is 0 Å². The summed E-state index contributed by atoms with van der Waals surface area (Å²) in [5, 5.41) is 0. The average Bonchev–Trinajstić information content (AvgIpc) is 2.63. The molecule has 0 aromatic rings.